The third-order valence-electron chi connectivity index (χ3n) is 15.3. The number of hydrogen-bond acceptors (Lipinski definition) is 4. The number of ketones is 1. The number of methoxy groups -OCH3 is 1. The zero-order chi connectivity index (χ0) is 33.2. The van der Waals surface area contributed by atoms with Crippen LogP contribution in [0.25, 0.3) is 0 Å². The Morgan fingerprint density at radius 3 is 2.29 bits per heavy atom. The van der Waals surface area contributed by atoms with Crippen LogP contribution in [0.3, 0.4) is 0 Å². The maximum atomic E-state index is 14.1. The van der Waals surface area contributed by atoms with Crippen LogP contribution in [0.1, 0.15) is 127 Å². The van der Waals surface area contributed by atoms with Crippen LogP contribution in [0, 0.1) is 56.2 Å². The van der Waals surface area contributed by atoms with Crippen molar-refractivity contribution in [2.24, 2.45) is 56.2 Å². The Labute approximate surface area is 275 Å². The Balaban J connectivity index is 1.46. The zero-order valence-corrected chi connectivity index (χ0v) is 30.7. The van der Waals surface area contributed by atoms with Gasteiger partial charge >= 0.3 is 0 Å². The topological polar surface area (TPSA) is 58.6 Å². The lowest BCUT2D eigenvalue weighted by Crippen LogP contribution is -2.66. The molecule has 5 aliphatic carbocycles. The first-order chi connectivity index (χ1) is 21.0. The molecule has 1 amide bonds. The van der Waals surface area contributed by atoms with Crippen molar-refractivity contribution in [3.63, 3.8) is 0 Å². The molecular formula is C40H66N2O3. The van der Waals surface area contributed by atoms with Crippen molar-refractivity contribution in [1.82, 2.24) is 10.2 Å². The molecule has 0 bridgehead atoms. The maximum absolute atomic E-state index is 14.1. The molecule has 1 N–H and O–H groups in total. The molecule has 5 heteroatoms. The molecule has 0 aromatic rings. The number of hydrogen-bond donors (Lipinski definition) is 1. The van der Waals surface area contributed by atoms with E-state index in [4.69, 9.17) is 4.74 Å². The van der Waals surface area contributed by atoms with Gasteiger partial charge in [0.1, 0.15) is 0 Å². The van der Waals surface area contributed by atoms with Crippen molar-refractivity contribution < 1.29 is 14.3 Å². The monoisotopic (exact) mass is 623 g/mol. The first kappa shape index (κ1) is 34.7. The number of nitrogens with zero attached hydrogens (tertiary/aromatic N) is 1. The molecule has 0 spiro atoms. The van der Waals surface area contributed by atoms with Crippen LogP contribution in [-0.4, -0.2) is 49.9 Å². The molecule has 5 aliphatic rings. The zero-order valence-electron chi connectivity index (χ0n) is 30.7. The van der Waals surface area contributed by atoms with E-state index >= 15 is 0 Å². The van der Waals surface area contributed by atoms with Gasteiger partial charge in [-0.1, -0.05) is 80.5 Å². The van der Waals surface area contributed by atoms with Gasteiger partial charge in [-0.25, -0.2) is 0 Å². The lowest BCUT2D eigenvalue weighted by atomic mass is 9.33. The predicted octanol–water partition coefficient (Wildman–Crippen LogP) is 8.59. The number of carbonyl (C=O) groups excluding carboxylic acids is 2. The van der Waals surface area contributed by atoms with Crippen LogP contribution in [0.5, 0.6) is 0 Å². The third kappa shape index (κ3) is 5.19. The van der Waals surface area contributed by atoms with E-state index < -0.39 is 11.3 Å². The highest BCUT2D eigenvalue weighted by Crippen LogP contribution is 2.76. The quantitative estimate of drug-likeness (QED) is 0.121. The molecule has 4 saturated carbocycles. The van der Waals surface area contributed by atoms with Crippen molar-refractivity contribution in [2.75, 3.05) is 33.3 Å². The smallest absolute Gasteiger partial charge is 0.230 e. The summed E-state index contributed by atoms with van der Waals surface area (Å²) in [6.45, 7) is 29.4. The van der Waals surface area contributed by atoms with Crippen LogP contribution >= 0.6 is 0 Å². The summed E-state index contributed by atoms with van der Waals surface area (Å²) >= 11 is 0. The average molecular weight is 623 g/mol. The second-order valence-corrected chi connectivity index (χ2v) is 18.0. The van der Waals surface area contributed by atoms with E-state index in [1.807, 2.05) is 7.11 Å². The Morgan fingerprint density at radius 1 is 0.978 bits per heavy atom. The van der Waals surface area contributed by atoms with Crippen LogP contribution in [0.15, 0.2) is 24.0 Å². The van der Waals surface area contributed by atoms with Crippen LogP contribution < -0.4 is 5.32 Å². The molecule has 8 atom stereocenters. The minimum atomic E-state index is -0.557. The summed E-state index contributed by atoms with van der Waals surface area (Å²) in [4.78, 5) is 30.3. The maximum Gasteiger partial charge on any atom is 0.230 e. The van der Waals surface area contributed by atoms with Gasteiger partial charge in [-0.15, -0.1) is 0 Å². The SMILES string of the molecule is C=C(OC)[C@]12CCC(C)(C)CC1C1=CCC3[C@@]4(C)CC(C(=O)NCCCN(CC)CC)C(=O)C(C)(C)C4CC[C@@]3(C)[C@]1(C)CC2. The van der Waals surface area contributed by atoms with Crippen molar-refractivity contribution in [1.29, 1.82) is 0 Å². The molecule has 0 saturated heterocycles. The van der Waals surface area contributed by atoms with E-state index in [2.05, 4.69) is 85.2 Å². The fourth-order valence-corrected chi connectivity index (χ4v) is 12.3. The number of amides is 1. The highest BCUT2D eigenvalue weighted by Gasteiger charge is 2.70. The third-order valence-corrected chi connectivity index (χ3v) is 15.3. The molecule has 5 nitrogen and oxygen atoms in total. The van der Waals surface area contributed by atoms with E-state index in [-0.39, 0.29) is 33.4 Å². The van der Waals surface area contributed by atoms with Gasteiger partial charge < -0.3 is 15.0 Å². The number of fused-ring (bicyclic) bond motifs is 7. The van der Waals surface area contributed by atoms with E-state index in [1.54, 1.807) is 5.57 Å². The highest BCUT2D eigenvalue weighted by atomic mass is 16.5. The Kier molecular flexibility index (Phi) is 9.11. The molecule has 0 aromatic carbocycles. The van der Waals surface area contributed by atoms with Gasteiger partial charge in [0.25, 0.3) is 0 Å². The lowest BCUT2D eigenvalue weighted by Gasteiger charge is -2.71. The molecule has 0 aliphatic heterocycles. The minimum absolute atomic E-state index is 0.0354. The number of ether oxygens (including phenoxy) is 1. The number of nitrogens with one attached hydrogen (secondary N) is 1. The highest BCUT2D eigenvalue weighted by molar-refractivity contribution is 6.04. The minimum Gasteiger partial charge on any atom is -0.501 e. The summed E-state index contributed by atoms with van der Waals surface area (Å²) in [6.07, 6.45) is 13.4. The van der Waals surface area contributed by atoms with Gasteiger partial charge in [0.15, 0.2) is 5.78 Å². The first-order valence-electron chi connectivity index (χ1n) is 18.5. The fraction of sp³-hybridized carbons (Fsp3) is 0.850. The molecule has 5 rings (SSSR count). The van der Waals surface area contributed by atoms with Gasteiger partial charge in [0.2, 0.25) is 5.91 Å². The molecule has 0 heterocycles. The van der Waals surface area contributed by atoms with Crippen molar-refractivity contribution in [3.05, 3.63) is 24.0 Å². The van der Waals surface area contributed by atoms with E-state index in [9.17, 15) is 9.59 Å². The fourth-order valence-electron chi connectivity index (χ4n) is 12.3. The van der Waals surface area contributed by atoms with Crippen molar-refractivity contribution in [3.8, 4) is 0 Å². The second-order valence-electron chi connectivity index (χ2n) is 18.0. The van der Waals surface area contributed by atoms with E-state index in [1.165, 1.54) is 12.8 Å². The van der Waals surface area contributed by atoms with Gasteiger partial charge in [-0.3, -0.25) is 9.59 Å². The van der Waals surface area contributed by atoms with Crippen LogP contribution in [0.2, 0.25) is 0 Å². The van der Waals surface area contributed by atoms with E-state index in [0.717, 1.165) is 70.3 Å². The van der Waals surface area contributed by atoms with Crippen molar-refractivity contribution in [2.45, 2.75) is 127 Å². The predicted molar refractivity (Wildman–Crippen MR) is 184 cm³/mol. The van der Waals surface area contributed by atoms with Gasteiger partial charge in [-0.2, -0.15) is 0 Å². The number of Topliss-reactive ketones (excluding diaryl/α,β-unsaturated/α-hetero) is 1. The molecule has 45 heavy (non-hydrogen) atoms. The van der Waals surface area contributed by atoms with Gasteiger partial charge in [0, 0.05) is 17.4 Å². The number of allylic oxidation sites excluding steroid dienone is 3. The molecule has 4 fully saturated rings. The Morgan fingerprint density at radius 2 is 1.64 bits per heavy atom. The van der Waals surface area contributed by atoms with Gasteiger partial charge in [-0.05, 0) is 123 Å². The summed E-state index contributed by atoms with van der Waals surface area (Å²) in [5.74, 6) is 1.77. The van der Waals surface area contributed by atoms with Crippen LogP contribution in [0.4, 0.5) is 0 Å². The summed E-state index contributed by atoms with van der Waals surface area (Å²) in [7, 11) is 1.82. The summed E-state index contributed by atoms with van der Waals surface area (Å²) in [6, 6.07) is 0. The standard InChI is InChI=1S/C40H66N2O3/c1-12-42(13-2)24-14-23-41-34(44)28-25-37(8)31(36(6,7)33(28)43)17-18-39(10)32(37)16-15-29-30-26-35(4,5)19-21-40(30,27(3)45-11)22-20-38(29,39)9/h15,28,30-32H,3,12-14,16-26H2,1-2,4-11H3,(H,41,44)/t28?,30?,31?,32?,37-,38+,39+,40+/m0/s1. The Hall–Kier alpha value is -1.62. The van der Waals surface area contributed by atoms with Crippen LogP contribution in [-0.2, 0) is 14.3 Å². The molecule has 0 aromatic heterocycles. The summed E-state index contributed by atoms with van der Waals surface area (Å²) in [5, 5.41) is 3.21. The normalized spacial score (nSPS) is 41.6. The summed E-state index contributed by atoms with van der Waals surface area (Å²) < 4.78 is 5.98. The lowest BCUT2D eigenvalue weighted by molar-refractivity contribution is -0.193. The number of rotatable bonds is 9. The van der Waals surface area contributed by atoms with E-state index in [0.29, 0.717) is 36.1 Å². The number of carbonyl (C=O) groups is 2. The first-order valence-corrected chi connectivity index (χ1v) is 18.5. The summed E-state index contributed by atoms with van der Waals surface area (Å²) in [5.41, 5.74) is 1.65. The molecule has 4 unspecified atom stereocenters. The Bertz CT molecular complexity index is 1210. The second kappa shape index (κ2) is 11.8. The van der Waals surface area contributed by atoms with Crippen molar-refractivity contribution >= 4 is 11.7 Å². The largest absolute Gasteiger partial charge is 0.501 e. The molecule has 0 radical (unpaired) electrons. The average Bonchev–Trinajstić information content (AvgIpc) is 2.98. The molecular weight excluding hydrogens is 556 g/mol. The van der Waals surface area contributed by atoms with Gasteiger partial charge in [0.05, 0.1) is 18.8 Å². The molecule has 254 valence electrons.